The number of pyridine rings is 2. The topological polar surface area (TPSA) is 146 Å². The summed E-state index contributed by atoms with van der Waals surface area (Å²) in [6.07, 6.45) is 1.85. The molecule has 4 heterocycles. The van der Waals surface area contributed by atoms with E-state index in [1.54, 1.807) is 13.0 Å². The molecule has 0 radical (unpaired) electrons. The zero-order chi connectivity index (χ0) is 30.8. The Morgan fingerprint density at radius 1 is 1.02 bits per heavy atom. The Morgan fingerprint density at radius 2 is 1.73 bits per heavy atom. The van der Waals surface area contributed by atoms with Gasteiger partial charge in [-0.3, -0.25) is 14.3 Å². The number of nitro benzene ring substituents is 1. The summed E-state index contributed by atoms with van der Waals surface area (Å²) >= 11 is -2.46. The van der Waals surface area contributed by atoms with Crippen LogP contribution in [0.3, 0.4) is 0 Å². The number of rotatable bonds is 8. The van der Waals surface area contributed by atoms with Gasteiger partial charge in [-0.2, -0.15) is 0 Å². The van der Waals surface area contributed by atoms with Crippen LogP contribution in [-0.2, 0) is 26.3 Å². The molecule has 1 N–H and O–H groups in total. The third kappa shape index (κ3) is 6.19. The molecule has 2 fully saturated rings. The Labute approximate surface area is 255 Å². The van der Waals surface area contributed by atoms with Crippen molar-refractivity contribution in [2.75, 3.05) is 67.7 Å². The number of nitro groups is 1. The first-order chi connectivity index (χ1) is 21.3. The smallest absolute Gasteiger partial charge is 0.270 e. The summed E-state index contributed by atoms with van der Waals surface area (Å²) in [5.41, 5.74) is 3.84. The molecule has 44 heavy (non-hydrogen) atoms. The van der Waals surface area contributed by atoms with E-state index in [0.717, 1.165) is 24.6 Å². The molecule has 1 atom stereocenters. The fourth-order valence-electron chi connectivity index (χ4n) is 5.60. The Morgan fingerprint density at radius 3 is 2.41 bits per heavy atom. The minimum absolute atomic E-state index is 0.215. The number of aromatic nitrogens is 2. The molecule has 2 aliphatic rings. The average Bonchev–Trinajstić information content (AvgIpc) is 3.03. The maximum absolute atomic E-state index is 14.5. The van der Waals surface area contributed by atoms with Crippen LogP contribution in [0, 0.1) is 22.9 Å². The van der Waals surface area contributed by atoms with Gasteiger partial charge in [-0.25, -0.2) is 14.4 Å². The lowest BCUT2D eigenvalue weighted by Gasteiger charge is -2.32. The molecule has 2 aliphatic heterocycles. The summed E-state index contributed by atoms with van der Waals surface area (Å²) in [7, 11) is 0. The van der Waals surface area contributed by atoms with Crippen LogP contribution in [0.2, 0.25) is 0 Å². The van der Waals surface area contributed by atoms with E-state index in [9.17, 15) is 23.3 Å². The number of hydrogen-bond donors (Lipinski definition) is 1. The second kappa shape index (κ2) is 12.8. The molecule has 2 aromatic heterocycles. The monoisotopic (exact) mass is 621 g/mol. The van der Waals surface area contributed by atoms with Gasteiger partial charge in [-0.15, -0.1) is 0 Å². The highest BCUT2D eigenvalue weighted by molar-refractivity contribution is 7.78. The van der Waals surface area contributed by atoms with Crippen LogP contribution in [0.25, 0.3) is 22.2 Å². The molecule has 14 heteroatoms. The molecule has 0 amide bonds. The Bertz CT molecular complexity index is 1750. The first kappa shape index (κ1) is 29.8. The summed E-state index contributed by atoms with van der Waals surface area (Å²) in [5.74, 6) is -0.155. The van der Waals surface area contributed by atoms with Crippen LogP contribution in [0.1, 0.15) is 11.1 Å². The molecule has 0 bridgehead atoms. The van der Waals surface area contributed by atoms with Gasteiger partial charge in [0.2, 0.25) is 0 Å². The van der Waals surface area contributed by atoms with Gasteiger partial charge < -0.3 is 29.1 Å². The van der Waals surface area contributed by atoms with E-state index in [1.165, 1.54) is 30.3 Å². The van der Waals surface area contributed by atoms with Gasteiger partial charge in [-0.1, -0.05) is 17.1 Å². The van der Waals surface area contributed by atoms with Crippen molar-refractivity contribution in [2.24, 2.45) is 0 Å². The number of hydrogen-bond acceptors (Lipinski definition) is 11. The molecule has 2 aromatic carbocycles. The Kier molecular flexibility index (Phi) is 8.66. The van der Waals surface area contributed by atoms with Crippen molar-refractivity contribution in [3.05, 3.63) is 75.7 Å². The zero-order valence-electron chi connectivity index (χ0n) is 24.0. The van der Waals surface area contributed by atoms with Gasteiger partial charge in [0, 0.05) is 61.1 Å². The molecule has 0 spiro atoms. The number of morpholine rings is 2. The predicted octanol–water partition coefficient (Wildman–Crippen LogP) is 4.45. The second-order valence-corrected chi connectivity index (χ2v) is 11.5. The van der Waals surface area contributed by atoms with E-state index in [0.29, 0.717) is 78.6 Å². The first-order valence-corrected chi connectivity index (χ1v) is 15.4. The largest absolute Gasteiger partial charge is 0.772 e. The number of benzene rings is 2. The fraction of sp³-hybridized carbons (Fsp3) is 0.333. The Hall–Kier alpha value is -4.24. The van der Waals surface area contributed by atoms with Crippen LogP contribution < -0.4 is 15.1 Å². The maximum atomic E-state index is 14.5. The van der Waals surface area contributed by atoms with E-state index in [-0.39, 0.29) is 17.0 Å². The van der Waals surface area contributed by atoms with E-state index >= 15 is 0 Å². The third-order valence-corrected chi connectivity index (χ3v) is 8.37. The van der Waals surface area contributed by atoms with E-state index in [1.807, 2.05) is 12.3 Å². The van der Waals surface area contributed by atoms with E-state index < -0.39 is 21.8 Å². The number of non-ortho nitro benzene ring substituents is 1. The lowest BCUT2D eigenvalue weighted by molar-refractivity contribution is -0.384. The molecular weight excluding hydrogens is 591 g/mol. The second-order valence-electron chi connectivity index (χ2n) is 10.6. The van der Waals surface area contributed by atoms with Crippen molar-refractivity contribution in [3.63, 3.8) is 0 Å². The number of halogens is 1. The van der Waals surface area contributed by atoms with Crippen LogP contribution in [-0.4, -0.2) is 76.3 Å². The number of nitrogens with zero attached hydrogens (tertiary/aromatic N) is 5. The summed E-state index contributed by atoms with van der Waals surface area (Å²) in [6.45, 7) is 6.87. The zero-order valence-corrected chi connectivity index (χ0v) is 24.8. The van der Waals surface area contributed by atoms with Crippen molar-refractivity contribution < 1.29 is 27.5 Å². The van der Waals surface area contributed by atoms with Gasteiger partial charge >= 0.3 is 0 Å². The van der Waals surface area contributed by atoms with Crippen molar-refractivity contribution in [3.8, 4) is 11.3 Å². The summed E-state index contributed by atoms with van der Waals surface area (Å²) in [5, 5.41) is 15.9. The molecule has 1 unspecified atom stereocenters. The van der Waals surface area contributed by atoms with E-state index in [2.05, 4.69) is 15.1 Å². The molecule has 12 nitrogen and oxygen atoms in total. The number of fused-ring (bicyclic) bond motifs is 1. The normalized spacial score (nSPS) is 16.2. The summed E-state index contributed by atoms with van der Waals surface area (Å²) in [4.78, 5) is 25.0. The summed E-state index contributed by atoms with van der Waals surface area (Å²) < 4.78 is 49.1. The number of nitrogens with one attached hydrogen (secondary N) is 1. The molecular formula is C30H30FN6O6S-. The van der Waals surface area contributed by atoms with Crippen LogP contribution in [0.4, 0.5) is 33.0 Å². The standard InChI is InChI=1S/C30H31FN6O6S/c1-19-28(34-27-16-23(35-6-10-42-11-7-35)17-32-30(27)36-8-12-43-13-9-36)24-5-3-21(31)14-26(24)33-29(19)25-15-22(37(38)39)4-2-20(25)18-44(40)41/h2-5,14-17H,6-13,18H2,1H3,(H,33,34)(H,40,41)/p-1. The molecule has 6 rings (SSSR count). The van der Waals surface area contributed by atoms with Crippen molar-refractivity contribution >= 4 is 50.6 Å². The minimum atomic E-state index is -2.46. The lowest BCUT2D eigenvalue weighted by Crippen LogP contribution is -2.38. The molecule has 4 aromatic rings. The van der Waals surface area contributed by atoms with Crippen molar-refractivity contribution in [1.29, 1.82) is 0 Å². The fourth-order valence-corrected chi connectivity index (χ4v) is 6.11. The highest BCUT2D eigenvalue weighted by Gasteiger charge is 2.23. The maximum Gasteiger partial charge on any atom is 0.270 e. The minimum Gasteiger partial charge on any atom is -0.772 e. The van der Waals surface area contributed by atoms with E-state index in [4.69, 9.17) is 19.4 Å². The predicted molar refractivity (Wildman–Crippen MR) is 165 cm³/mol. The van der Waals surface area contributed by atoms with Gasteiger partial charge in [-0.05, 0) is 36.2 Å². The highest BCUT2D eigenvalue weighted by atomic mass is 32.2. The number of anilines is 4. The quantitative estimate of drug-likeness (QED) is 0.169. The number of ether oxygens (including phenoxy) is 2. The van der Waals surface area contributed by atoms with Gasteiger partial charge in [0.15, 0.2) is 5.82 Å². The molecule has 0 saturated carbocycles. The molecule has 0 aliphatic carbocycles. The van der Waals surface area contributed by atoms with Crippen LogP contribution >= 0.6 is 0 Å². The van der Waals surface area contributed by atoms with Crippen molar-refractivity contribution in [2.45, 2.75) is 12.7 Å². The molecule has 2 saturated heterocycles. The van der Waals surface area contributed by atoms with Gasteiger partial charge in [0.1, 0.15) is 5.82 Å². The summed E-state index contributed by atoms with van der Waals surface area (Å²) in [6, 6.07) is 10.3. The highest BCUT2D eigenvalue weighted by Crippen LogP contribution is 2.40. The lowest BCUT2D eigenvalue weighted by atomic mass is 9.97. The van der Waals surface area contributed by atoms with Gasteiger partial charge in [0.05, 0.1) is 65.8 Å². The third-order valence-electron chi connectivity index (χ3n) is 7.82. The Balaban J connectivity index is 1.54. The van der Waals surface area contributed by atoms with Gasteiger partial charge in [0.25, 0.3) is 5.69 Å². The first-order valence-electron chi connectivity index (χ1n) is 14.1. The SMILES string of the molecule is Cc1c(-c2cc([N+](=O)[O-])ccc2CS(=O)[O-])nc2cc(F)ccc2c1Nc1cc(N2CCOCC2)cnc1N1CCOCC1. The van der Waals surface area contributed by atoms with Crippen molar-refractivity contribution in [1.82, 2.24) is 9.97 Å². The average molecular weight is 622 g/mol. The van der Waals surface area contributed by atoms with Crippen LogP contribution in [0.15, 0.2) is 48.7 Å². The molecule has 230 valence electrons. The van der Waals surface area contributed by atoms with Crippen LogP contribution in [0.5, 0.6) is 0 Å².